The zero-order valence-corrected chi connectivity index (χ0v) is 12.9. The third kappa shape index (κ3) is 3.15. The number of hydrogen-bond donors (Lipinski definition) is 1. The third-order valence-corrected chi connectivity index (χ3v) is 3.87. The number of benzene rings is 1. The van der Waals surface area contributed by atoms with Crippen LogP contribution in [0, 0.1) is 18.6 Å². The molecule has 0 atom stereocenters. The Labute approximate surface area is 121 Å². The smallest absolute Gasteiger partial charge is 0.152 e. The van der Waals surface area contributed by atoms with E-state index in [1.165, 1.54) is 23.5 Å². The number of rotatable bonds is 3. The molecule has 108 valence electrons. The fourth-order valence-electron chi connectivity index (χ4n) is 1.72. The van der Waals surface area contributed by atoms with E-state index in [0.29, 0.717) is 12.1 Å². The van der Waals surface area contributed by atoms with E-state index < -0.39 is 11.6 Å². The van der Waals surface area contributed by atoms with E-state index in [0.717, 1.165) is 10.7 Å². The molecule has 1 aromatic carbocycles. The first kappa shape index (κ1) is 14.9. The first-order valence-corrected chi connectivity index (χ1v) is 7.30. The molecular weight excluding hydrogens is 278 g/mol. The molecule has 1 heterocycles. The molecule has 0 spiro atoms. The van der Waals surface area contributed by atoms with Crippen molar-refractivity contribution in [1.82, 2.24) is 4.98 Å². The first-order valence-electron chi connectivity index (χ1n) is 6.42. The summed E-state index contributed by atoms with van der Waals surface area (Å²) in [5.41, 5.74) is 1.31. The number of nitrogens with one attached hydrogen (secondary N) is 1. The topological polar surface area (TPSA) is 24.9 Å². The number of hydrogen-bond acceptors (Lipinski definition) is 3. The molecule has 0 saturated carbocycles. The quantitative estimate of drug-likeness (QED) is 0.892. The van der Waals surface area contributed by atoms with Gasteiger partial charge in [0.25, 0.3) is 0 Å². The lowest BCUT2D eigenvalue weighted by molar-refractivity contribution is 0.570. The van der Waals surface area contributed by atoms with Crippen molar-refractivity contribution in [3.05, 3.63) is 45.4 Å². The predicted octanol–water partition coefficient (Wildman–Crippen LogP) is 4.64. The molecular formula is C15H18F2N2S. The van der Waals surface area contributed by atoms with Gasteiger partial charge in [0.05, 0.1) is 12.2 Å². The fraction of sp³-hybridized carbons (Fsp3) is 0.400. The van der Waals surface area contributed by atoms with Crippen molar-refractivity contribution in [3.63, 3.8) is 0 Å². The summed E-state index contributed by atoms with van der Waals surface area (Å²) in [6.07, 6.45) is 0. The average Bonchev–Trinajstić information content (AvgIpc) is 2.83. The summed E-state index contributed by atoms with van der Waals surface area (Å²) in [5.74, 6) is -1.13. The summed E-state index contributed by atoms with van der Waals surface area (Å²) in [4.78, 5) is 4.49. The number of thiazole rings is 1. The van der Waals surface area contributed by atoms with E-state index >= 15 is 0 Å². The molecule has 1 aromatic heterocycles. The average molecular weight is 296 g/mol. The zero-order valence-electron chi connectivity index (χ0n) is 12.1. The summed E-state index contributed by atoms with van der Waals surface area (Å²) < 4.78 is 27.4. The number of nitrogens with zero attached hydrogens (tertiary/aromatic N) is 1. The molecule has 0 aliphatic heterocycles. The number of anilines is 1. The van der Waals surface area contributed by atoms with Gasteiger partial charge in [-0.3, -0.25) is 0 Å². The van der Waals surface area contributed by atoms with Crippen LogP contribution >= 0.6 is 11.3 Å². The Bertz CT molecular complexity index is 615. The number of halogens is 2. The third-order valence-electron chi connectivity index (χ3n) is 3.02. The van der Waals surface area contributed by atoms with E-state index in [1.54, 1.807) is 6.92 Å². The van der Waals surface area contributed by atoms with Gasteiger partial charge in [-0.1, -0.05) is 26.8 Å². The molecule has 0 saturated heterocycles. The highest BCUT2D eigenvalue weighted by molar-refractivity contribution is 7.09. The van der Waals surface area contributed by atoms with Crippen molar-refractivity contribution in [1.29, 1.82) is 0 Å². The Morgan fingerprint density at radius 1 is 1.25 bits per heavy atom. The maximum Gasteiger partial charge on any atom is 0.152 e. The second-order valence-electron chi connectivity index (χ2n) is 5.78. The molecule has 5 heteroatoms. The second kappa shape index (κ2) is 5.48. The van der Waals surface area contributed by atoms with E-state index in [2.05, 4.69) is 31.1 Å². The summed E-state index contributed by atoms with van der Waals surface area (Å²) >= 11 is 1.49. The van der Waals surface area contributed by atoms with E-state index in [4.69, 9.17) is 0 Å². The lowest BCUT2D eigenvalue weighted by Gasteiger charge is -2.14. The number of aryl methyl sites for hydroxylation is 1. The van der Waals surface area contributed by atoms with Crippen molar-refractivity contribution < 1.29 is 8.78 Å². The van der Waals surface area contributed by atoms with Crippen molar-refractivity contribution >= 4 is 17.0 Å². The summed E-state index contributed by atoms with van der Waals surface area (Å²) in [5, 5.41) is 5.60. The van der Waals surface area contributed by atoms with Crippen LogP contribution in [-0.2, 0) is 12.0 Å². The molecule has 20 heavy (non-hydrogen) atoms. The van der Waals surface area contributed by atoms with Crippen molar-refractivity contribution in [2.24, 2.45) is 0 Å². The van der Waals surface area contributed by atoms with Crippen LogP contribution in [0.25, 0.3) is 0 Å². The van der Waals surface area contributed by atoms with Gasteiger partial charge in [-0.15, -0.1) is 11.3 Å². The normalized spacial score (nSPS) is 11.7. The van der Waals surface area contributed by atoms with Crippen LogP contribution in [0.5, 0.6) is 0 Å². The largest absolute Gasteiger partial charge is 0.374 e. The SMILES string of the molecule is Cc1ccc(F)c(NCc2nc(C(C)(C)C)cs2)c1F. The van der Waals surface area contributed by atoms with E-state index in [9.17, 15) is 8.78 Å². The number of aromatic nitrogens is 1. The Hall–Kier alpha value is -1.49. The summed E-state index contributed by atoms with van der Waals surface area (Å²) in [6, 6.07) is 2.69. The van der Waals surface area contributed by atoms with Gasteiger partial charge in [-0.2, -0.15) is 0 Å². The van der Waals surface area contributed by atoms with Crippen LogP contribution in [0.4, 0.5) is 14.5 Å². The highest BCUT2D eigenvalue weighted by atomic mass is 32.1. The maximum atomic E-state index is 13.8. The molecule has 0 amide bonds. The predicted molar refractivity (Wildman–Crippen MR) is 79.2 cm³/mol. The molecule has 2 aromatic rings. The van der Waals surface area contributed by atoms with Gasteiger partial charge in [0.15, 0.2) is 5.82 Å². The van der Waals surface area contributed by atoms with Gasteiger partial charge in [-0.05, 0) is 18.6 Å². The van der Waals surface area contributed by atoms with Crippen molar-refractivity contribution in [2.75, 3.05) is 5.32 Å². The van der Waals surface area contributed by atoms with Gasteiger partial charge < -0.3 is 5.32 Å². The molecule has 0 unspecified atom stereocenters. The first-order chi connectivity index (χ1) is 9.29. The highest BCUT2D eigenvalue weighted by Gasteiger charge is 2.18. The van der Waals surface area contributed by atoms with Crippen LogP contribution < -0.4 is 5.32 Å². The van der Waals surface area contributed by atoms with Crippen LogP contribution in [0.15, 0.2) is 17.5 Å². The molecule has 0 aliphatic rings. The Balaban J connectivity index is 2.14. The van der Waals surface area contributed by atoms with Crippen molar-refractivity contribution in [2.45, 2.75) is 39.7 Å². The highest BCUT2D eigenvalue weighted by Crippen LogP contribution is 2.26. The monoisotopic (exact) mass is 296 g/mol. The van der Waals surface area contributed by atoms with Crippen LogP contribution in [0.3, 0.4) is 0 Å². The summed E-state index contributed by atoms with van der Waals surface area (Å²) in [7, 11) is 0. The minimum Gasteiger partial charge on any atom is -0.374 e. The van der Waals surface area contributed by atoms with Crippen molar-refractivity contribution in [3.8, 4) is 0 Å². The van der Waals surface area contributed by atoms with E-state index in [1.807, 2.05) is 5.38 Å². The molecule has 0 aliphatic carbocycles. The minimum absolute atomic E-state index is 0.0193. The van der Waals surface area contributed by atoms with Gasteiger partial charge in [-0.25, -0.2) is 13.8 Å². The second-order valence-corrected chi connectivity index (χ2v) is 6.73. The maximum absolute atomic E-state index is 13.8. The van der Waals surface area contributed by atoms with Gasteiger partial charge in [0, 0.05) is 10.8 Å². The lowest BCUT2D eigenvalue weighted by atomic mass is 9.93. The van der Waals surface area contributed by atoms with E-state index in [-0.39, 0.29) is 11.1 Å². The van der Waals surface area contributed by atoms with Gasteiger partial charge in [0.2, 0.25) is 0 Å². The van der Waals surface area contributed by atoms with Crippen LogP contribution in [-0.4, -0.2) is 4.98 Å². The summed E-state index contributed by atoms with van der Waals surface area (Å²) in [6.45, 7) is 8.18. The van der Waals surface area contributed by atoms with Crippen LogP contribution in [0.2, 0.25) is 0 Å². The Morgan fingerprint density at radius 3 is 2.55 bits per heavy atom. The molecule has 1 N–H and O–H groups in total. The zero-order chi connectivity index (χ0) is 14.9. The Kier molecular flexibility index (Phi) is 4.09. The molecule has 0 bridgehead atoms. The van der Waals surface area contributed by atoms with Crippen LogP contribution in [0.1, 0.15) is 37.0 Å². The fourth-order valence-corrected chi connectivity index (χ4v) is 2.68. The molecule has 0 radical (unpaired) electrons. The molecule has 2 rings (SSSR count). The molecule has 0 fully saturated rings. The van der Waals surface area contributed by atoms with Gasteiger partial charge in [0.1, 0.15) is 16.5 Å². The van der Waals surface area contributed by atoms with Gasteiger partial charge >= 0.3 is 0 Å². The Morgan fingerprint density at radius 2 is 1.95 bits per heavy atom. The minimum atomic E-state index is -0.583. The standard InChI is InChI=1S/C15H18F2N2S/c1-9-5-6-10(16)14(13(9)17)18-7-12-19-11(8-20-12)15(2,3)4/h5-6,8,18H,7H2,1-4H3. The lowest BCUT2D eigenvalue weighted by Crippen LogP contribution is -2.12. The molecule has 2 nitrogen and oxygen atoms in total.